The van der Waals surface area contributed by atoms with Crippen LogP contribution in [0.25, 0.3) is 5.69 Å². The summed E-state index contributed by atoms with van der Waals surface area (Å²) in [7, 11) is 1.42. The number of nitrogens with zero attached hydrogens (tertiary/aromatic N) is 3. The molecule has 0 aliphatic rings. The van der Waals surface area contributed by atoms with Gasteiger partial charge < -0.3 is 9.30 Å². The maximum atomic E-state index is 11.2. The second-order valence-corrected chi connectivity index (χ2v) is 4.83. The third-order valence-corrected chi connectivity index (χ3v) is 3.45. The predicted octanol–water partition coefficient (Wildman–Crippen LogP) is 2.26. The molecule has 2 rings (SSSR count). The van der Waals surface area contributed by atoms with Crippen molar-refractivity contribution in [2.45, 2.75) is 19.9 Å². The number of ether oxygens (including phenoxy) is 1. The molecule has 0 saturated carbocycles. The van der Waals surface area contributed by atoms with Crippen LogP contribution in [0.1, 0.15) is 18.9 Å². The van der Waals surface area contributed by atoms with Gasteiger partial charge in [-0.15, -0.1) is 0 Å². The van der Waals surface area contributed by atoms with E-state index in [-0.39, 0.29) is 5.97 Å². The minimum atomic E-state index is -0.163. The van der Waals surface area contributed by atoms with Crippen molar-refractivity contribution < 1.29 is 9.53 Å². The lowest BCUT2D eigenvalue weighted by Gasteiger charge is -2.20. The van der Waals surface area contributed by atoms with Gasteiger partial charge in [-0.3, -0.25) is 9.69 Å². The van der Waals surface area contributed by atoms with E-state index in [0.717, 1.165) is 18.8 Å². The van der Waals surface area contributed by atoms with E-state index in [0.29, 0.717) is 13.0 Å². The summed E-state index contributed by atoms with van der Waals surface area (Å²) in [6.07, 6.45) is 5.89. The lowest BCUT2D eigenvalue weighted by molar-refractivity contribution is -0.141. The van der Waals surface area contributed by atoms with Crippen molar-refractivity contribution in [2.24, 2.45) is 0 Å². The zero-order valence-electron chi connectivity index (χ0n) is 12.5. The first kappa shape index (κ1) is 15.3. The molecule has 2 aromatic rings. The molecule has 0 saturated heterocycles. The van der Waals surface area contributed by atoms with Crippen molar-refractivity contribution in [1.29, 1.82) is 0 Å². The molecule has 0 bridgehead atoms. The smallest absolute Gasteiger partial charge is 0.306 e. The Morgan fingerprint density at radius 3 is 2.67 bits per heavy atom. The summed E-state index contributed by atoms with van der Waals surface area (Å²) in [4.78, 5) is 17.5. The van der Waals surface area contributed by atoms with Crippen molar-refractivity contribution in [1.82, 2.24) is 14.5 Å². The third kappa shape index (κ3) is 4.43. The minimum absolute atomic E-state index is 0.163. The number of rotatable bonds is 7. The number of aromatic nitrogens is 2. The van der Waals surface area contributed by atoms with Gasteiger partial charge in [-0.2, -0.15) is 0 Å². The van der Waals surface area contributed by atoms with Crippen molar-refractivity contribution in [3.05, 3.63) is 48.5 Å². The molecule has 0 N–H and O–H groups in total. The Labute approximate surface area is 125 Å². The molecule has 0 aliphatic carbocycles. The van der Waals surface area contributed by atoms with Crippen molar-refractivity contribution in [3.63, 3.8) is 0 Å². The van der Waals surface area contributed by atoms with Gasteiger partial charge in [0.05, 0.1) is 19.9 Å². The molecule has 112 valence electrons. The zero-order chi connectivity index (χ0) is 15.1. The van der Waals surface area contributed by atoms with Gasteiger partial charge in [-0.1, -0.05) is 19.1 Å². The van der Waals surface area contributed by atoms with E-state index in [1.165, 1.54) is 12.7 Å². The number of hydrogen-bond donors (Lipinski definition) is 0. The first-order chi connectivity index (χ1) is 10.2. The number of hydrogen-bond acceptors (Lipinski definition) is 4. The summed E-state index contributed by atoms with van der Waals surface area (Å²) in [6, 6.07) is 8.36. The van der Waals surface area contributed by atoms with E-state index in [1.807, 2.05) is 10.8 Å². The zero-order valence-corrected chi connectivity index (χ0v) is 12.5. The molecule has 5 nitrogen and oxygen atoms in total. The van der Waals surface area contributed by atoms with Crippen molar-refractivity contribution in [2.75, 3.05) is 20.2 Å². The molecule has 1 heterocycles. The molecular weight excluding hydrogens is 266 g/mol. The quantitative estimate of drug-likeness (QED) is 0.733. The van der Waals surface area contributed by atoms with E-state index >= 15 is 0 Å². The van der Waals surface area contributed by atoms with Gasteiger partial charge in [0.2, 0.25) is 0 Å². The Morgan fingerprint density at radius 1 is 1.33 bits per heavy atom. The average molecular weight is 287 g/mol. The molecule has 0 spiro atoms. The molecule has 0 radical (unpaired) electrons. The summed E-state index contributed by atoms with van der Waals surface area (Å²) in [5.41, 5.74) is 2.32. The van der Waals surface area contributed by atoms with Crippen LogP contribution in [-0.2, 0) is 16.1 Å². The SMILES string of the molecule is CCN(CCC(=O)OC)Cc1ccc(-n2ccnc2)cc1. The van der Waals surface area contributed by atoms with Crippen LogP contribution < -0.4 is 0 Å². The van der Waals surface area contributed by atoms with Crippen molar-refractivity contribution in [3.8, 4) is 5.69 Å². The lowest BCUT2D eigenvalue weighted by Crippen LogP contribution is -2.26. The minimum Gasteiger partial charge on any atom is -0.469 e. The van der Waals surface area contributed by atoms with Gasteiger partial charge >= 0.3 is 5.97 Å². The number of carbonyl (C=O) groups is 1. The number of imidazole rings is 1. The normalized spacial score (nSPS) is 10.8. The number of esters is 1. The van der Waals surface area contributed by atoms with E-state index < -0.39 is 0 Å². The molecular formula is C16H21N3O2. The molecule has 21 heavy (non-hydrogen) atoms. The second-order valence-electron chi connectivity index (χ2n) is 4.83. The fourth-order valence-electron chi connectivity index (χ4n) is 2.14. The van der Waals surface area contributed by atoms with Gasteiger partial charge in [0.15, 0.2) is 0 Å². The standard InChI is InChI=1S/C16H21N3O2/c1-3-18(10-8-16(20)21-2)12-14-4-6-15(7-5-14)19-11-9-17-13-19/h4-7,9,11,13H,3,8,10,12H2,1-2H3. The molecule has 0 amide bonds. The van der Waals surface area contributed by atoms with Gasteiger partial charge in [-0.25, -0.2) is 4.98 Å². The van der Waals surface area contributed by atoms with Crippen LogP contribution in [0.15, 0.2) is 43.0 Å². The van der Waals surface area contributed by atoms with Crippen LogP contribution >= 0.6 is 0 Å². The van der Waals surface area contributed by atoms with Crippen molar-refractivity contribution >= 4 is 5.97 Å². The maximum absolute atomic E-state index is 11.2. The monoisotopic (exact) mass is 287 g/mol. The Kier molecular flexibility index (Phi) is 5.51. The molecule has 5 heteroatoms. The first-order valence-electron chi connectivity index (χ1n) is 7.09. The van der Waals surface area contributed by atoms with Crippen LogP contribution in [0.4, 0.5) is 0 Å². The summed E-state index contributed by atoms with van der Waals surface area (Å²) < 4.78 is 6.65. The van der Waals surface area contributed by atoms with E-state index in [9.17, 15) is 4.79 Å². The van der Waals surface area contributed by atoms with Crippen LogP contribution in [0.5, 0.6) is 0 Å². The average Bonchev–Trinajstić information content (AvgIpc) is 3.06. The molecule has 0 aliphatic heterocycles. The molecule has 1 aromatic carbocycles. The topological polar surface area (TPSA) is 47.4 Å². The number of carbonyl (C=O) groups excluding carboxylic acids is 1. The second kappa shape index (κ2) is 7.59. The van der Waals surface area contributed by atoms with E-state index in [1.54, 1.807) is 12.5 Å². The fraction of sp³-hybridized carbons (Fsp3) is 0.375. The number of benzene rings is 1. The molecule has 0 fully saturated rings. The van der Waals surface area contributed by atoms with E-state index in [4.69, 9.17) is 0 Å². The van der Waals surface area contributed by atoms with Crippen LogP contribution in [-0.4, -0.2) is 40.6 Å². The summed E-state index contributed by atoms with van der Waals surface area (Å²) in [5, 5.41) is 0. The van der Waals surface area contributed by atoms with Gasteiger partial charge in [0, 0.05) is 31.2 Å². The van der Waals surface area contributed by atoms with Crippen LogP contribution in [0, 0.1) is 0 Å². The summed E-state index contributed by atoms with van der Waals surface area (Å²) in [5.74, 6) is -0.163. The fourth-order valence-corrected chi connectivity index (χ4v) is 2.14. The highest BCUT2D eigenvalue weighted by Crippen LogP contribution is 2.11. The maximum Gasteiger partial charge on any atom is 0.306 e. The highest BCUT2D eigenvalue weighted by Gasteiger charge is 2.07. The predicted molar refractivity (Wildman–Crippen MR) is 81.1 cm³/mol. The third-order valence-electron chi connectivity index (χ3n) is 3.45. The van der Waals surface area contributed by atoms with E-state index in [2.05, 4.69) is 45.8 Å². The highest BCUT2D eigenvalue weighted by molar-refractivity contribution is 5.69. The Hall–Kier alpha value is -2.14. The Morgan fingerprint density at radius 2 is 2.10 bits per heavy atom. The largest absolute Gasteiger partial charge is 0.469 e. The van der Waals surface area contributed by atoms with Crippen LogP contribution in [0.3, 0.4) is 0 Å². The molecule has 0 unspecified atom stereocenters. The van der Waals surface area contributed by atoms with Gasteiger partial charge in [-0.05, 0) is 24.2 Å². The highest BCUT2D eigenvalue weighted by atomic mass is 16.5. The number of methoxy groups -OCH3 is 1. The summed E-state index contributed by atoms with van der Waals surface area (Å²) in [6.45, 7) is 4.54. The first-order valence-corrected chi connectivity index (χ1v) is 7.09. The Balaban J connectivity index is 1.93. The van der Waals surface area contributed by atoms with Gasteiger partial charge in [0.25, 0.3) is 0 Å². The molecule has 0 atom stereocenters. The Bertz CT molecular complexity index is 549. The van der Waals surface area contributed by atoms with Crippen LogP contribution in [0.2, 0.25) is 0 Å². The van der Waals surface area contributed by atoms with Gasteiger partial charge in [0.1, 0.15) is 0 Å². The summed E-state index contributed by atoms with van der Waals surface area (Å²) >= 11 is 0. The molecule has 1 aromatic heterocycles. The lowest BCUT2D eigenvalue weighted by atomic mass is 10.2.